The Kier molecular flexibility index (Phi) is 3.70. The second-order valence-corrected chi connectivity index (χ2v) is 6.50. The summed E-state index contributed by atoms with van der Waals surface area (Å²) in [4.78, 5) is 0. The second-order valence-electron chi connectivity index (χ2n) is 6.50. The molecule has 0 saturated carbocycles. The van der Waals surface area contributed by atoms with Crippen LogP contribution in [0.25, 0.3) is 0 Å². The van der Waals surface area contributed by atoms with Gasteiger partial charge in [-0.3, -0.25) is 0 Å². The summed E-state index contributed by atoms with van der Waals surface area (Å²) in [6.45, 7) is 7.65. The zero-order valence-electron chi connectivity index (χ0n) is 13.2. The van der Waals surface area contributed by atoms with Crippen LogP contribution in [0.2, 0.25) is 0 Å². The van der Waals surface area contributed by atoms with Crippen LogP contribution in [0.15, 0.2) is 29.8 Å². The predicted molar refractivity (Wildman–Crippen MR) is 82.4 cm³/mol. The number of fused-ring (bicyclic) bond motifs is 2. The van der Waals surface area contributed by atoms with E-state index in [1.807, 2.05) is 12.1 Å². The van der Waals surface area contributed by atoms with Gasteiger partial charge in [0.05, 0.1) is 19.8 Å². The average molecular weight is 288 g/mol. The predicted octanol–water partition coefficient (Wildman–Crippen LogP) is 3.94. The van der Waals surface area contributed by atoms with Crippen LogP contribution in [0.5, 0.6) is 11.5 Å². The molecule has 114 valence electrons. The van der Waals surface area contributed by atoms with E-state index in [-0.39, 0.29) is 11.9 Å². The summed E-state index contributed by atoms with van der Waals surface area (Å²) in [7, 11) is 1.58. The Hall–Kier alpha value is -1.48. The Bertz CT molecular complexity index is 564. The Labute approximate surface area is 126 Å². The molecule has 0 aromatic heterocycles. The molecule has 3 heteroatoms. The van der Waals surface area contributed by atoms with Crippen LogP contribution in [0.1, 0.15) is 32.4 Å². The van der Waals surface area contributed by atoms with Crippen LogP contribution >= 0.6 is 0 Å². The third kappa shape index (κ3) is 2.34. The van der Waals surface area contributed by atoms with Crippen LogP contribution in [0.3, 0.4) is 0 Å². The van der Waals surface area contributed by atoms with Gasteiger partial charge in [0.25, 0.3) is 0 Å². The molecule has 3 rings (SSSR count). The summed E-state index contributed by atoms with van der Waals surface area (Å²) in [6, 6.07) is 5.54. The van der Waals surface area contributed by atoms with Gasteiger partial charge in [-0.05, 0) is 42.4 Å². The largest absolute Gasteiger partial charge is 0.504 e. The summed E-state index contributed by atoms with van der Waals surface area (Å²) in [6.07, 6.45) is 2.46. The first-order valence-electron chi connectivity index (χ1n) is 7.69. The lowest BCUT2D eigenvalue weighted by Gasteiger charge is -2.47. The molecule has 0 spiro atoms. The maximum absolute atomic E-state index is 9.77. The molecule has 3 nitrogen and oxygen atoms in total. The molecule has 1 aromatic carbocycles. The molecule has 2 aliphatic rings. The molecule has 0 unspecified atom stereocenters. The van der Waals surface area contributed by atoms with Crippen LogP contribution in [0, 0.1) is 23.7 Å². The van der Waals surface area contributed by atoms with Crippen LogP contribution in [-0.2, 0) is 4.74 Å². The Morgan fingerprint density at radius 3 is 2.76 bits per heavy atom. The van der Waals surface area contributed by atoms with Crippen molar-refractivity contribution in [2.24, 2.45) is 23.7 Å². The van der Waals surface area contributed by atoms with Gasteiger partial charge in [0.2, 0.25) is 0 Å². The topological polar surface area (TPSA) is 38.7 Å². The van der Waals surface area contributed by atoms with Gasteiger partial charge in [0.15, 0.2) is 11.5 Å². The normalized spacial score (nSPS) is 35.2. The molecule has 1 N–H and O–H groups in total. The second kappa shape index (κ2) is 5.38. The van der Waals surface area contributed by atoms with Gasteiger partial charge in [-0.15, -0.1) is 0 Å². The fourth-order valence-corrected chi connectivity index (χ4v) is 4.12. The van der Waals surface area contributed by atoms with E-state index in [1.165, 1.54) is 5.57 Å². The lowest BCUT2D eigenvalue weighted by atomic mass is 9.64. The van der Waals surface area contributed by atoms with E-state index in [4.69, 9.17) is 9.47 Å². The maximum atomic E-state index is 9.77. The lowest BCUT2D eigenvalue weighted by molar-refractivity contribution is -0.0935. The summed E-state index contributed by atoms with van der Waals surface area (Å²) < 4.78 is 11.4. The fourth-order valence-electron chi connectivity index (χ4n) is 4.12. The van der Waals surface area contributed by atoms with E-state index in [1.54, 1.807) is 13.2 Å². The van der Waals surface area contributed by atoms with Crippen LogP contribution in [0.4, 0.5) is 0 Å². The smallest absolute Gasteiger partial charge is 0.160 e. The zero-order chi connectivity index (χ0) is 15.1. The highest BCUT2D eigenvalue weighted by Crippen LogP contribution is 2.50. The van der Waals surface area contributed by atoms with Crippen molar-refractivity contribution in [3.63, 3.8) is 0 Å². The number of rotatable bonds is 2. The van der Waals surface area contributed by atoms with Gasteiger partial charge in [-0.25, -0.2) is 0 Å². The molecular weight excluding hydrogens is 264 g/mol. The van der Waals surface area contributed by atoms with E-state index < -0.39 is 0 Å². The zero-order valence-corrected chi connectivity index (χ0v) is 13.2. The van der Waals surface area contributed by atoms with Crippen LogP contribution in [-0.4, -0.2) is 18.8 Å². The van der Waals surface area contributed by atoms with Gasteiger partial charge in [-0.2, -0.15) is 0 Å². The summed E-state index contributed by atoms with van der Waals surface area (Å²) in [5.74, 6) is 2.91. The van der Waals surface area contributed by atoms with Crippen molar-refractivity contribution in [2.45, 2.75) is 26.9 Å². The Balaban J connectivity index is 1.98. The Morgan fingerprint density at radius 1 is 1.29 bits per heavy atom. The molecule has 1 saturated heterocycles. The number of hydrogen-bond donors (Lipinski definition) is 1. The first-order chi connectivity index (χ1) is 10.0. The quantitative estimate of drug-likeness (QED) is 0.838. The van der Waals surface area contributed by atoms with Gasteiger partial charge in [-0.1, -0.05) is 31.6 Å². The van der Waals surface area contributed by atoms with Crippen LogP contribution < -0.4 is 4.74 Å². The minimum Gasteiger partial charge on any atom is -0.504 e. The standard InChI is InChI=1S/C18H24O3/c1-10-7-11(2)17-12(3)14(10)9-21-18(17)13-5-6-15(19)16(8-13)20-4/h5-8,10,12,14,17-19H,9H2,1-4H3/t10-,12-,14-,17-,18-/m1/s1. The molecule has 1 aromatic rings. The van der Waals surface area contributed by atoms with Gasteiger partial charge < -0.3 is 14.6 Å². The number of methoxy groups -OCH3 is 1. The van der Waals surface area contributed by atoms with Crippen molar-refractivity contribution in [1.82, 2.24) is 0 Å². The molecule has 1 heterocycles. The molecule has 0 radical (unpaired) electrons. The summed E-state index contributed by atoms with van der Waals surface area (Å²) in [5.41, 5.74) is 2.50. The summed E-state index contributed by atoms with van der Waals surface area (Å²) >= 11 is 0. The molecule has 21 heavy (non-hydrogen) atoms. The molecule has 5 atom stereocenters. The minimum absolute atomic E-state index is 0.0505. The van der Waals surface area contributed by atoms with Gasteiger partial charge >= 0.3 is 0 Å². The lowest BCUT2D eigenvalue weighted by Crippen LogP contribution is -2.42. The molecule has 0 amide bonds. The van der Waals surface area contributed by atoms with E-state index in [0.29, 0.717) is 29.4 Å². The molecule has 1 fully saturated rings. The van der Waals surface area contributed by atoms with Gasteiger partial charge in [0, 0.05) is 5.92 Å². The highest BCUT2D eigenvalue weighted by atomic mass is 16.5. The number of benzene rings is 1. The monoisotopic (exact) mass is 288 g/mol. The molecular formula is C18H24O3. The van der Waals surface area contributed by atoms with E-state index in [0.717, 1.165) is 12.2 Å². The number of aromatic hydroxyl groups is 1. The molecule has 2 bridgehead atoms. The number of phenolic OH excluding ortho intramolecular Hbond substituents is 1. The number of allylic oxidation sites excluding steroid dienone is 1. The minimum atomic E-state index is 0.0505. The maximum Gasteiger partial charge on any atom is 0.160 e. The van der Waals surface area contributed by atoms with Crippen molar-refractivity contribution >= 4 is 0 Å². The summed E-state index contributed by atoms with van der Waals surface area (Å²) in [5, 5.41) is 9.77. The fraction of sp³-hybridized carbons (Fsp3) is 0.556. The highest BCUT2D eigenvalue weighted by Gasteiger charge is 2.43. The van der Waals surface area contributed by atoms with E-state index >= 15 is 0 Å². The van der Waals surface area contributed by atoms with Crippen molar-refractivity contribution in [2.75, 3.05) is 13.7 Å². The third-order valence-electron chi connectivity index (χ3n) is 5.30. The first kappa shape index (κ1) is 14.5. The molecule has 1 aliphatic heterocycles. The highest BCUT2D eigenvalue weighted by molar-refractivity contribution is 5.43. The molecule has 1 aliphatic carbocycles. The van der Waals surface area contributed by atoms with Crippen molar-refractivity contribution in [3.05, 3.63) is 35.4 Å². The number of phenols is 1. The number of hydrogen-bond acceptors (Lipinski definition) is 3. The Morgan fingerprint density at radius 2 is 2.05 bits per heavy atom. The van der Waals surface area contributed by atoms with E-state index in [2.05, 4.69) is 26.8 Å². The first-order valence-corrected chi connectivity index (χ1v) is 7.69. The third-order valence-corrected chi connectivity index (χ3v) is 5.30. The van der Waals surface area contributed by atoms with E-state index in [9.17, 15) is 5.11 Å². The number of ether oxygens (including phenoxy) is 2. The SMILES string of the molecule is COc1cc([C@H]2OC[C@H]3[C@@H](C)[C@H]2C(C)=C[C@H]3C)ccc1O. The van der Waals surface area contributed by atoms with Gasteiger partial charge in [0.1, 0.15) is 0 Å². The average Bonchev–Trinajstić information content (AvgIpc) is 2.45. The van der Waals surface area contributed by atoms with Crippen molar-refractivity contribution in [1.29, 1.82) is 0 Å². The van der Waals surface area contributed by atoms with Crippen molar-refractivity contribution < 1.29 is 14.6 Å². The van der Waals surface area contributed by atoms with Crippen molar-refractivity contribution in [3.8, 4) is 11.5 Å².